The first-order valence-corrected chi connectivity index (χ1v) is 7.56. The second-order valence-corrected chi connectivity index (χ2v) is 5.85. The lowest BCUT2D eigenvalue weighted by Gasteiger charge is -2.16. The van der Waals surface area contributed by atoms with E-state index in [0.29, 0.717) is 6.04 Å². The predicted octanol–water partition coefficient (Wildman–Crippen LogP) is 1.45. The summed E-state index contributed by atoms with van der Waals surface area (Å²) in [6.07, 6.45) is 6.63. The molecule has 7 nitrogen and oxygen atoms in total. The van der Waals surface area contributed by atoms with Gasteiger partial charge in [-0.15, -0.1) is 5.10 Å². The van der Waals surface area contributed by atoms with Crippen molar-refractivity contribution in [3.63, 3.8) is 0 Å². The molecule has 3 aromatic rings. The molecule has 0 aromatic carbocycles. The van der Waals surface area contributed by atoms with Crippen LogP contribution in [0.1, 0.15) is 17.7 Å². The highest BCUT2D eigenvalue weighted by Crippen LogP contribution is 2.17. The second kappa shape index (κ2) is 5.42. The molecule has 22 heavy (non-hydrogen) atoms. The minimum absolute atomic E-state index is 0.427. The van der Waals surface area contributed by atoms with Crippen LogP contribution in [0.15, 0.2) is 30.7 Å². The van der Waals surface area contributed by atoms with Gasteiger partial charge in [0.05, 0.1) is 11.9 Å². The first-order valence-electron chi connectivity index (χ1n) is 7.56. The van der Waals surface area contributed by atoms with Gasteiger partial charge in [-0.25, -0.2) is 9.50 Å². The number of fused-ring (bicyclic) bond motifs is 1. The number of nitrogens with zero attached hydrogens (tertiary/aromatic N) is 5. The van der Waals surface area contributed by atoms with E-state index >= 15 is 0 Å². The molecule has 0 saturated carbocycles. The summed E-state index contributed by atoms with van der Waals surface area (Å²) in [7, 11) is 0. The lowest BCUT2D eigenvalue weighted by atomic mass is 10.2. The monoisotopic (exact) mass is 297 g/mol. The third kappa shape index (κ3) is 2.55. The van der Waals surface area contributed by atoms with Gasteiger partial charge in [-0.05, 0) is 31.0 Å². The Hall–Kier alpha value is -2.41. The van der Waals surface area contributed by atoms with Crippen molar-refractivity contribution in [2.45, 2.75) is 25.9 Å². The van der Waals surface area contributed by atoms with Gasteiger partial charge in [0, 0.05) is 38.1 Å². The van der Waals surface area contributed by atoms with Crippen molar-refractivity contribution in [3.8, 4) is 0 Å². The van der Waals surface area contributed by atoms with E-state index in [1.165, 1.54) is 11.3 Å². The second-order valence-electron chi connectivity index (χ2n) is 5.85. The molecule has 114 valence electrons. The van der Waals surface area contributed by atoms with E-state index in [-0.39, 0.29) is 0 Å². The number of aromatic amines is 1. The zero-order valence-corrected chi connectivity index (χ0v) is 12.5. The van der Waals surface area contributed by atoms with E-state index in [0.717, 1.165) is 37.5 Å². The Morgan fingerprint density at radius 1 is 1.41 bits per heavy atom. The summed E-state index contributed by atoms with van der Waals surface area (Å²) in [4.78, 5) is 6.65. The maximum Gasteiger partial charge on any atom is 0.153 e. The molecule has 1 aliphatic rings. The van der Waals surface area contributed by atoms with E-state index in [9.17, 15) is 0 Å². The van der Waals surface area contributed by atoms with Gasteiger partial charge in [-0.3, -0.25) is 10.00 Å². The standard InChI is InChI=1S/C15H19N7/c1-11-8-17-19-13(11)10-21-6-4-12(9-21)18-14-2-3-15-16-5-7-22(15)20-14/h2-3,5,7-8,12H,4,6,9-10H2,1H3,(H,17,19)(H,18,20). The highest BCUT2D eigenvalue weighted by molar-refractivity contribution is 5.44. The average molecular weight is 297 g/mol. The quantitative estimate of drug-likeness (QED) is 0.762. The van der Waals surface area contributed by atoms with E-state index in [4.69, 9.17) is 0 Å². The van der Waals surface area contributed by atoms with E-state index in [2.05, 4.69) is 37.4 Å². The lowest BCUT2D eigenvalue weighted by molar-refractivity contribution is 0.323. The van der Waals surface area contributed by atoms with Crippen molar-refractivity contribution in [3.05, 3.63) is 42.0 Å². The average Bonchev–Trinajstić information content (AvgIpc) is 3.22. The van der Waals surface area contributed by atoms with Crippen LogP contribution < -0.4 is 5.32 Å². The number of hydrogen-bond donors (Lipinski definition) is 2. The molecule has 1 atom stereocenters. The molecule has 3 aromatic heterocycles. The van der Waals surface area contributed by atoms with Crippen LogP contribution in [0.25, 0.3) is 5.65 Å². The van der Waals surface area contributed by atoms with E-state index in [1.54, 1.807) is 10.7 Å². The van der Waals surface area contributed by atoms with Crippen LogP contribution in [0.5, 0.6) is 0 Å². The number of aryl methyl sites for hydroxylation is 1. The fourth-order valence-electron chi connectivity index (χ4n) is 2.95. The number of anilines is 1. The Balaban J connectivity index is 1.39. The highest BCUT2D eigenvalue weighted by atomic mass is 15.3. The number of rotatable bonds is 4. The largest absolute Gasteiger partial charge is 0.365 e. The summed E-state index contributed by atoms with van der Waals surface area (Å²) in [5.74, 6) is 0.898. The SMILES string of the molecule is Cc1cn[nH]c1CN1CCC(Nc2ccc3nccn3n2)C1. The molecule has 2 N–H and O–H groups in total. The molecule has 0 spiro atoms. The van der Waals surface area contributed by atoms with Crippen LogP contribution in [0.2, 0.25) is 0 Å². The van der Waals surface area contributed by atoms with Gasteiger partial charge in [-0.2, -0.15) is 5.10 Å². The number of aromatic nitrogens is 5. The highest BCUT2D eigenvalue weighted by Gasteiger charge is 2.23. The van der Waals surface area contributed by atoms with E-state index < -0.39 is 0 Å². The number of nitrogens with one attached hydrogen (secondary N) is 2. The zero-order chi connectivity index (χ0) is 14.9. The third-order valence-corrected chi connectivity index (χ3v) is 4.19. The third-order valence-electron chi connectivity index (χ3n) is 4.19. The molecule has 7 heteroatoms. The summed E-state index contributed by atoms with van der Waals surface area (Å²) in [6.45, 7) is 5.12. The van der Waals surface area contributed by atoms with E-state index in [1.807, 2.05) is 24.5 Å². The molecule has 4 heterocycles. The van der Waals surface area contributed by atoms with Crippen molar-refractivity contribution >= 4 is 11.5 Å². The maximum absolute atomic E-state index is 4.52. The fraction of sp³-hybridized carbons (Fsp3) is 0.400. The van der Waals surface area contributed by atoms with Crippen LogP contribution in [0.3, 0.4) is 0 Å². The fourth-order valence-corrected chi connectivity index (χ4v) is 2.95. The molecule has 4 rings (SSSR count). The molecular weight excluding hydrogens is 278 g/mol. The van der Waals surface area contributed by atoms with Crippen molar-refractivity contribution in [2.75, 3.05) is 18.4 Å². The van der Waals surface area contributed by atoms with Crippen LogP contribution >= 0.6 is 0 Å². The van der Waals surface area contributed by atoms with Gasteiger partial charge in [0.25, 0.3) is 0 Å². The number of H-pyrrole nitrogens is 1. The minimum atomic E-state index is 0.427. The Kier molecular flexibility index (Phi) is 3.27. The minimum Gasteiger partial charge on any atom is -0.365 e. The molecule has 1 aliphatic heterocycles. The van der Waals surface area contributed by atoms with Gasteiger partial charge in [0.15, 0.2) is 5.65 Å². The van der Waals surface area contributed by atoms with Gasteiger partial charge < -0.3 is 5.32 Å². The molecule has 0 aliphatic carbocycles. The molecular formula is C15H19N7. The normalized spacial score (nSPS) is 19.0. The van der Waals surface area contributed by atoms with Gasteiger partial charge in [0.2, 0.25) is 0 Å². The molecule has 1 unspecified atom stereocenters. The molecule has 0 amide bonds. The van der Waals surface area contributed by atoms with Gasteiger partial charge in [0.1, 0.15) is 5.82 Å². The Morgan fingerprint density at radius 3 is 3.23 bits per heavy atom. The summed E-state index contributed by atoms with van der Waals surface area (Å²) < 4.78 is 1.79. The molecule has 1 saturated heterocycles. The lowest BCUT2D eigenvalue weighted by Crippen LogP contribution is -2.26. The molecule has 0 radical (unpaired) electrons. The van der Waals surface area contributed by atoms with Crippen molar-refractivity contribution in [1.82, 2.24) is 29.7 Å². The summed E-state index contributed by atoms with van der Waals surface area (Å²) in [5.41, 5.74) is 3.30. The van der Waals surface area contributed by atoms with Crippen molar-refractivity contribution < 1.29 is 0 Å². The van der Waals surface area contributed by atoms with Crippen LogP contribution in [-0.2, 0) is 6.54 Å². The summed E-state index contributed by atoms with van der Waals surface area (Å²) >= 11 is 0. The Bertz CT molecular complexity index is 775. The predicted molar refractivity (Wildman–Crippen MR) is 83.6 cm³/mol. The molecule has 1 fully saturated rings. The summed E-state index contributed by atoms with van der Waals surface area (Å²) in [5, 5.41) is 15.2. The Labute approximate surface area is 128 Å². The van der Waals surface area contributed by atoms with Crippen LogP contribution in [0.4, 0.5) is 5.82 Å². The summed E-state index contributed by atoms with van der Waals surface area (Å²) in [6, 6.07) is 4.40. The Morgan fingerprint density at radius 2 is 2.36 bits per heavy atom. The topological polar surface area (TPSA) is 74.1 Å². The molecule has 0 bridgehead atoms. The first-order chi connectivity index (χ1) is 10.8. The number of hydrogen-bond acceptors (Lipinski definition) is 5. The van der Waals surface area contributed by atoms with Crippen LogP contribution in [0, 0.1) is 6.92 Å². The first kappa shape index (κ1) is 13.3. The number of likely N-dealkylation sites (tertiary alicyclic amines) is 1. The number of imidazole rings is 1. The van der Waals surface area contributed by atoms with Gasteiger partial charge >= 0.3 is 0 Å². The smallest absolute Gasteiger partial charge is 0.153 e. The van der Waals surface area contributed by atoms with Gasteiger partial charge in [-0.1, -0.05) is 0 Å². The maximum atomic E-state index is 4.52. The zero-order valence-electron chi connectivity index (χ0n) is 12.5. The van der Waals surface area contributed by atoms with Crippen molar-refractivity contribution in [1.29, 1.82) is 0 Å². The van der Waals surface area contributed by atoms with Crippen molar-refractivity contribution in [2.24, 2.45) is 0 Å². The van der Waals surface area contributed by atoms with Crippen LogP contribution in [-0.4, -0.2) is 48.8 Å².